The molecule has 0 saturated carbocycles. The molecule has 0 N–H and O–H groups in total. The molecule has 0 heterocycles. The Labute approximate surface area is 102 Å². The zero-order chi connectivity index (χ0) is 12.1. The summed E-state index contributed by atoms with van der Waals surface area (Å²) in [6.07, 6.45) is 0.385. The number of ketones is 1. The normalized spacial score (nSPS) is 10.2. The molecule has 0 aliphatic rings. The summed E-state index contributed by atoms with van der Waals surface area (Å²) >= 11 is 5.57. The van der Waals surface area contributed by atoms with E-state index in [2.05, 4.69) is 0 Å². The fourth-order valence-corrected chi connectivity index (χ4v) is 1.79. The van der Waals surface area contributed by atoms with E-state index >= 15 is 0 Å². The lowest BCUT2D eigenvalue weighted by atomic mass is 10.00. The Kier molecular flexibility index (Phi) is 4.81. The van der Waals surface area contributed by atoms with E-state index in [1.807, 2.05) is 32.9 Å². The Morgan fingerprint density at radius 2 is 2.00 bits per heavy atom. The summed E-state index contributed by atoms with van der Waals surface area (Å²) in [5.41, 5.74) is 2.69. The van der Waals surface area contributed by atoms with Gasteiger partial charge in [0.2, 0.25) is 0 Å². The minimum Gasteiger partial charge on any atom is -0.494 e. The second-order valence-corrected chi connectivity index (χ2v) is 4.11. The zero-order valence-electron chi connectivity index (χ0n) is 9.97. The fourth-order valence-electron chi connectivity index (χ4n) is 1.62. The standard InChI is InChI=1S/C13H17ClO2/c1-4-16-13-8-9(2)11(7-10(13)3)12(15)5-6-14/h7-8H,4-6H2,1-3H3. The molecule has 0 atom stereocenters. The molecule has 0 amide bonds. The predicted molar refractivity (Wildman–Crippen MR) is 66.8 cm³/mol. The molecule has 0 radical (unpaired) electrons. The molecular weight excluding hydrogens is 224 g/mol. The first-order chi connectivity index (χ1) is 7.60. The molecule has 3 heteroatoms. The maximum atomic E-state index is 11.8. The molecule has 16 heavy (non-hydrogen) atoms. The molecule has 0 aromatic heterocycles. The molecule has 0 aliphatic heterocycles. The van der Waals surface area contributed by atoms with E-state index in [-0.39, 0.29) is 5.78 Å². The van der Waals surface area contributed by atoms with Gasteiger partial charge >= 0.3 is 0 Å². The van der Waals surface area contributed by atoms with Crippen molar-refractivity contribution in [3.05, 3.63) is 28.8 Å². The van der Waals surface area contributed by atoms with E-state index in [9.17, 15) is 4.79 Å². The van der Waals surface area contributed by atoms with Crippen molar-refractivity contribution in [2.75, 3.05) is 12.5 Å². The first-order valence-electron chi connectivity index (χ1n) is 5.43. The summed E-state index contributed by atoms with van der Waals surface area (Å²) in [5, 5.41) is 0. The third-order valence-corrected chi connectivity index (χ3v) is 2.63. The van der Waals surface area contributed by atoms with Crippen LogP contribution in [0.3, 0.4) is 0 Å². The number of ether oxygens (including phenoxy) is 1. The van der Waals surface area contributed by atoms with Crippen molar-refractivity contribution in [3.8, 4) is 5.75 Å². The summed E-state index contributed by atoms with van der Waals surface area (Å²) in [5.74, 6) is 1.31. The van der Waals surface area contributed by atoms with Gasteiger partial charge < -0.3 is 4.74 Å². The van der Waals surface area contributed by atoms with Crippen molar-refractivity contribution in [1.82, 2.24) is 0 Å². The van der Waals surface area contributed by atoms with Crippen LogP contribution in [0.2, 0.25) is 0 Å². The number of Topliss-reactive ketones (excluding diaryl/α,β-unsaturated/α-hetero) is 1. The molecule has 1 aromatic carbocycles. The number of halogens is 1. The lowest BCUT2D eigenvalue weighted by Crippen LogP contribution is -2.04. The van der Waals surface area contributed by atoms with Gasteiger partial charge in [0.15, 0.2) is 5.78 Å². The Morgan fingerprint density at radius 1 is 1.31 bits per heavy atom. The van der Waals surface area contributed by atoms with Crippen LogP contribution in [0, 0.1) is 13.8 Å². The maximum absolute atomic E-state index is 11.8. The summed E-state index contributed by atoms with van der Waals surface area (Å²) in [4.78, 5) is 11.8. The SMILES string of the molecule is CCOc1cc(C)c(C(=O)CCCl)cc1C. The van der Waals surface area contributed by atoms with Crippen LogP contribution in [0.4, 0.5) is 0 Å². The number of aryl methyl sites for hydroxylation is 2. The number of carbonyl (C=O) groups excluding carboxylic acids is 1. The molecular formula is C13H17ClO2. The van der Waals surface area contributed by atoms with Gasteiger partial charge in [-0.25, -0.2) is 0 Å². The highest BCUT2D eigenvalue weighted by Gasteiger charge is 2.11. The van der Waals surface area contributed by atoms with Gasteiger partial charge in [0.1, 0.15) is 5.75 Å². The second-order valence-electron chi connectivity index (χ2n) is 3.73. The monoisotopic (exact) mass is 240 g/mol. The third-order valence-electron chi connectivity index (χ3n) is 2.44. The van der Waals surface area contributed by atoms with Crippen LogP contribution in [0.5, 0.6) is 5.75 Å². The number of alkyl halides is 1. The van der Waals surface area contributed by atoms with Crippen molar-refractivity contribution in [2.45, 2.75) is 27.2 Å². The van der Waals surface area contributed by atoms with Gasteiger partial charge in [-0.2, -0.15) is 0 Å². The number of carbonyl (C=O) groups is 1. The van der Waals surface area contributed by atoms with Gasteiger partial charge in [-0.1, -0.05) is 0 Å². The number of hydrogen-bond acceptors (Lipinski definition) is 2. The van der Waals surface area contributed by atoms with Crippen LogP contribution in [-0.2, 0) is 0 Å². The molecule has 88 valence electrons. The van der Waals surface area contributed by atoms with Gasteiger partial charge in [-0.3, -0.25) is 4.79 Å². The van der Waals surface area contributed by atoms with E-state index in [1.165, 1.54) is 0 Å². The fraction of sp³-hybridized carbons (Fsp3) is 0.462. The highest BCUT2D eigenvalue weighted by atomic mass is 35.5. The predicted octanol–water partition coefficient (Wildman–Crippen LogP) is 3.51. The molecule has 0 bridgehead atoms. The molecule has 1 rings (SSSR count). The molecule has 0 saturated heterocycles. The highest BCUT2D eigenvalue weighted by molar-refractivity contribution is 6.19. The van der Waals surface area contributed by atoms with Crippen molar-refractivity contribution in [3.63, 3.8) is 0 Å². The Balaban J connectivity index is 3.05. The van der Waals surface area contributed by atoms with Crippen molar-refractivity contribution in [1.29, 1.82) is 0 Å². The first kappa shape index (κ1) is 13.0. The quantitative estimate of drug-likeness (QED) is 0.582. The lowest BCUT2D eigenvalue weighted by molar-refractivity contribution is 0.0988. The largest absolute Gasteiger partial charge is 0.494 e. The van der Waals surface area contributed by atoms with Crippen LogP contribution >= 0.6 is 11.6 Å². The molecule has 2 nitrogen and oxygen atoms in total. The van der Waals surface area contributed by atoms with Crippen LogP contribution in [0.1, 0.15) is 34.8 Å². The summed E-state index contributed by atoms with van der Waals surface area (Å²) in [7, 11) is 0. The number of benzene rings is 1. The summed E-state index contributed by atoms with van der Waals surface area (Å²) < 4.78 is 5.47. The smallest absolute Gasteiger partial charge is 0.164 e. The topological polar surface area (TPSA) is 26.3 Å². The van der Waals surface area contributed by atoms with Crippen LogP contribution in [0.25, 0.3) is 0 Å². The van der Waals surface area contributed by atoms with E-state index in [0.29, 0.717) is 18.9 Å². The maximum Gasteiger partial charge on any atom is 0.164 e. The summed E-state index contributed by atoms with van der Waals surface area (Å²) in [6, 6.07) is 3.80. The van der Waals surface area contributed by atoms with Crippen LogP contribution < -0.4 is 4.74 Å². The molecule has 0 aliphatic carbocycles. The summed E-state index contributed by atoms with van der Waals surface area (Å²) in [6.45, 7) is 6.45. The van der Waals surface area contributed by atoms with Crippen molar-refractivity contribution < 1.29 is 9.53 Å². The average Bonchev–Trinajstić information content (AvgIpc) is 2.23. The Morgan fingerprint density at radius 3 is 2.56 bits per heavy atom. The van der Waals surface area contributed by atoms with Gasteiger partial charge in [-0.15, -0.1) is 11.6 Å². The van der Waals surface area contributed by atoms with Crippen LogP contribution in [0.15, 0.2) is 12.1 Å². The molecule has 1 aromatic rings. The minimum atomic E-state index is 0.0960. The van der Waals surface area contributed by atoms with Gasteiger partial charge in [0.05, 0.1) is 6.61 Å². The van der Waals surface area contributed by atoms with Gasteiger partial charge in [0, 0.05) is 17.9 Å². The number of hydrogen-bond donors (Lipinski definition) is 0. The highest BCUT2D eigenvalue weighted by Crippen LogP contribution is 2.23. The van der Waals surface area contributed by atoms with Crippen LogP contribution in [-0.4, -0.2) is 18.3 Å². The van der Waals surface area contributed by atoms with E-state index in [4.69, 9.17) is 16.3 Å². The lowest BCUT2D eigenvalue weighted by Gasteiger charge is -2.11. The minimum absolute atomic E-state index is 0.0960. The third kappa shape index (κ3) is 2.99. The first-order valence-corrected chi connectivity index (χ1v) is 5.96. The van der Waals surface area contributed by atoms with Crippen molar-refractivity contribution >= 4 is 17.4 Å². The zero-order valence-corrected chi connectivity index (χ0v) is 10.7. The van der Waals surface area contributed by atoms with E-state index < -0.39 is 0 Å². The molecule has 0 fully saturated rings. The molecule has 0 spiro atoms. The van der Waals surface area contributed by atoms with Gasteiger partial charge in [-0.05, 0) is 44.0 Å². The van der Waals surface area contributed by atoms with Gasteiger partial charge in [0.25, 0.3) is 0 Å². The van der Waals surface area contributed by atoms with E-state index in [0.717, 1.165) is 22.4 Å². The Bertz CT molecular complexity index is 386. The Hall–Kier alpha value is -1.02. The van der Waals surface area contributed by atoms with E-state index in [1.54, 1.807) is 0 Å². The van der Waals surface area contributed by atoms with Crippen molar-refractivity contribution in [2.24, 2.45) is 0 Å². The average molecular weight is 241 g/mol. The molecule has 0 unspecified atom stereocenters. The second kappa shape index (κ2) is 5.90. The number of rotatable bonds is 5.